The molecule has 7 nitrogen and oxygen atoms in total. The third-order valence-corrected chi connectivity index (χ3v) is 5.02. The zero-order valence-corrected chi connectivity index (χ0v) is 18.3. The molecule has 0 spiro atoms. The molecule has 1 aromatic carbocycles. The van der Waals surface area contributed by atoms with E-state index in [0.29, 0.717) is 31.1 Å². The van der Waals surface area contributed by atoms with Gasteiger partial charge in [-0.15, -0.1) is 0 Å². The maximum absolute atomic E-state index is 13.0. The van der Waals surface area contributed by atoms with E-state index in [4.69, 9.17) is 27.9 Å². The van der Waals surface area contributed by atoms with Gasteiger partial charge in [-0.1, -0.05) is 43.0 Å². The molecule has 0 saturated heterocycles. The fourth-order valence-corrected chi connectivity index (χ4v) is 3.06. The quantitative estimate of drug-likeness (QED) is 0.451. The lowest BCUT2D eigenvalue weighted by Crippen LogP contribution is -2.50. The number of ether oxygens (including phenoxy) is 1. The Morgan fingerprint density at radius 1 is 1.14 bits per heavy atom. The number of hydrogen-bond acceptors (Lipinski definition) is 4. The summed E-state index contributed by atoms with van der Waals surface area (Å²) in [7, 11) is 1.58. The third-order valence-electron chi connectivity index (χ3n) is 4.28. The first-order valence-electron chi connectivity index (χ1n) is 9.55. The molecule has 2 amide bonds. The summed E-state index contributed by atoms with van der Waals surface area (Å²) < 4.78 is 5.04. The molecule has 0 bridgehead atoms. The molecule has 0 fully saturated rings. The molecule has 0 aliphatic carbocycles. The second-order valence-corrected chi connectivity index (χ2v) is 7.45. The van der Waals surface area contributed by atoms with Gasteiger partial charge in [-0.05, 0) is 31.0 Å². The Labute approximate surface area is 181 Å². The van der Waals surface area contributed by atoms with Crippen LogP contribution in [0.25, 0.3) is 0 Å². The first-order valence-corrected chi connectivity index (χ1v) is 10.3. The molecule has 29 heavy (non-hydrogen) atoms. The Morgan fingerprint density at radius 3 is 2.41 bits per heavy atom. The van der Waals surface area contributed by atoms with Gasteiger partial charge in [0, 0.05) is 32.4 Å². The summed E-state index contributed by atoms with van der Waals surface area (Å²) in [6.07, 6.45) is 2.85. The van der Waals surface area contributed by atoms with Gasteiger partial charge < -0.3 is 20.1 Å². The normalized spacial score (nSPS) is 11.7. The molecule has 0 aliphatic rings. The molecular formula is C20H28Cl2N2O5. The highest BCUT2D eigenvalue weighted by molar-refractivity contribution is 6.42. The molecule has 1 atom stereocenters. The number of unbranched alkanes of at least 4 members (excludes halogenated alkanes) is 2. The van der Waals surface area contributed by atoms with Crippen molar-refractivity contribution >= 4 is 41.0 Å². The molecule has 9 heteroatoms. The number of carboxylic acids is 1. The minimum Gasteiger partial charge on any atom is -0.481 e. The molecule has 1 rings (SSSR count). The Kier molecular flexibility index (Phi) is 11.7. The number of nitrogens with one attached hydrogen (secondary N) is 1. The van der Waals surface area contributed by atoms with Gasteiger partial charge in [-0.25, -0.2) is 0 Å². The molecule has 0 aliphatic heterocycles. The second kappa shape index (κ2) is 13.4. The molecule has 2 N–H and O–H groups in total. The SMILES string of the molecule is CCCCCN(CCCOC)C(=O)C(CC(=O)O)NC(=O)c1ccc(Cl)c(Cl)c1. The molecule has 1 unspecified atom stereocenters. The van der Waals surface area contributed by atoms with Crippen LogP contribution < -0.4 is 5.32 Å². The monoisotopic (exact) mass is 446 g/mol. The van der Waals surface area contributed by atoms with Crippen LogP contribution in [-0.2, 0) is 14.3 Å². The minimum atomic E-state index is -1.18. The molecule has 162 valence electrons. The van der Waals surface area contributed by atoms with E-state index in [1.807, 2.05) is 0 Å². The lowest BCUT2D eigenvalue weighted by atomic mass is 10.1. The Morgan fingerprint density at radius 2 is 1.83 bits per heavy atom. The molecule has 0 radical (unpaired) electrons. The van der Waals surface area contributed by atoms with Crippen molar-refractivity contribution in [2.24, 2.45) is 0 Å². The molecular weight excluding hydrogens is 419 g/mol. The highest BCUT2D eigenvalue weighted by Gasteiger charge is 2.28. The number of hydrogen-bond donors (Lipinski definition) is 2. The number of nitrogens with zero attached hydrogens (tertiary/aromatic N) is 1. The summed E-state index contributed by atoms with van der Waals surface area (Å²) in [5, 5.41) is 12.2. The van der Waals surface area contributed by atoms with E-state index in [9.17, 15) is 19.5 Å². The van der Waals surface area contributed by atoms with Gasteiger partial charge in [0.25, 0.3) is 5.91 Å². The van der Waals surface area contributed by atoms with Crippen molar-refractivity contribution < 1.29 is 24.2 Å². The van der Waals surface area contributed by atoms with Gasteiger partial charge in [0.2, 0.25) is 5.91 Å². The number of carbonyl (C=O) groups excluding carboxylic acids is 2. The Balaban J connectivity index is 2.95. The topological polar surface area (TPSA) is 95.9 Å². The Hall–Kier alpha value is -1.83. The number of benzene rings is 1. The van der Waals surface area contributed by atoms with Crippen molar-refractivity contribution in [3.63, 3.8) is 0 Å². The van der Waals surface area contributed by atoms with Crippen LogP contribution >= 0.6 is 23.2 Å². The van der Waals surface area contributed by atoms with E-state index in [0.717, 1.165) is 19.3 Å². The summed E-state index contributed by atoms with van der Waals surface area (Å²) in [5.74, 6) is -2.19. The number of methoxy groups -OCH3 is 1. The van der Waals surface area contributed by atoms with Gasteiger partial charge in [0.15, 0.2) is 0 Å². The third kappa shape index (κ3) is 9.02. The minimum absolute atomic E-state index is 0.194. The van der Waals surface area contributed by atoms with Crippen LogP contribution in [0.15, 0.2) is 18.2 Å². The summed E-state index contributed by atoms with van der Waals surface area (Å²) in [6.45, 7) is 3.46. The number of amides is 2. The van der Waals surface area contributed by atoms with Crippen LogP contribution in [0.1, 0.15) is 49.4 Å². The smallest absolute Gasteiger partial charge is 0.305 e. The number of rotatable bonds is 13. The van der Waals surface area contributed by atoms with E-state index < -0.39 is 30.2 Å². The number of halogens is 2. The highest BCUT2D eigenvalue weighted by Crippen LogP contribution is 2.22. The maximum atomic E-state index is 13.0. The summed E-state index contributed by atoms with van der Waals surface area (Å²) >= 11 is 11.8. The van der Waals surface area contributed by atoms with E-state index in [-0.39, 0.29) is 10.6 Å². The number of carboxylic acid groups (broad SMARTS) is 1. The first-order chi connectivity index (χ1) is 13.8. The van der Waals surface area contributed by atoms with Crippen LogP contribution in [0.4, 0.5) is 0 Å². The number of aliphatic carboxylic acids is 1. The van der Waals surface area contributed by atoms with Crippen molar-refractivity contribution in [2.75, 3.05) is 26.8 Å². The molecule has 0 heterocycles. The zero-order chi connectivity index (χ0) is 21.8. The van der Waals surface area contributed by atoms with E-state index >= 15 is 0 Å². The first kappa shape index (κ1) is 25.2. The van der Waals surface area contributed by atoms with Gasteiger partial charge in [-0.3, -0.25) is 14.4 Å². The van der Waals surface area contributed by atoms with Crippen LogP contribution in [0.2, 0.25) is 10.0 Å². The van der Waals surface area contributed by atoms with Crippen molar-refractivity contribution in [1.29, 1.82) is 0 Å². The molecule has 0 aromatic heterocycles. The average Bonchev–Trinajstić information content (AvgIpc) is 2.67. The fourth-order valence-electron chi connectivity index (χ4n) is 2.76. The van der Waals surface area contributed by atoms with Crippen molar-refractivity contribution in [3.8, 4) is 0 Å². The average molecular weight is 447 g/mol. The molecule has 1 aromatic rings. The predicted octanol–water partition coefficient (Wildman–Crippen LogP) is 3.62. The van der Waals surface area contributed by atoms with Gasteiger partial charge >= 0.3 is 5.97 Å². The highest BCUT2D eigenvalue weighted by atomic mass is 35.5. The van der Waals surface area contributed by atoms with Gasteiger partial charge in [0.05, 0.1) is 16.5 Å². The van der Waals surface area contributed by atoms with Crippen LogP contribution in [-0.4, -0.2) is 60.6 Å². The summed E-state index contributed by atoms with van der Waals surface area (Å²) in [6, 6.07) is 3.12. The lowest BCUT2D eigenvalue weighted by Gasteiger charge is -2.27. The fraction of sp³-hybridized carbons (Fsp3) is 0.550. The van der Waals surface area contributed by atoms with Gasteiger partial charge in [0.1, 0.15) is 6.04 Å². The van der Waals surface area contributed by atoms with E-state index in [2.05, 4.69) is 12.2 Å². The van der Waals surface area contributed by atoms with Gasteiger partial charge in [-0.2, -0.15) is 0 Å². The molecule has 0 saturated carbocycles. The van der Waals surface area contributed by atoms with E-state index in [1.54, 1.807) is 12.0 Å². The maximum Gasteiger partial charge on any atom is 0.305 e. The Bertz CT molecular complexity index is 689. The largest absolute Gasteiger partial charge is 0.481 e. The number of carbonyl (C=O) groups is 3. The second-order valence-electron chi connectivity index (χ2n) is 6.63. The predicted molar refractivity (Wildman–Crippen MR) is 113 cm³/mol. The zero-order valence-electron chi connectivity index (χ0n) is 16.7. The van der Waals surface area contributed by atoms with Crippen LogP contribution in [0.3, 0.4) is 0 Å². The van der Waals surface area contributed by atoms with E-state index in [1.165, 1.54) is 18.2 Å². The summed E-state index contributed by atoms with van der Waals surface area (Å²) in [4.78, 5) is 38.5. The van der Waals surface area contributed by atoms with Crippen LogP contribution in [0.5, 0.6) is 0 Å². The lowest BCUT2D eigenvalue weighted by molar-refractivity contribution is -0.142. The van der Waals surface area contributed by atoms with Crippen molar-refractivity contribution in [3.05, 3.63) is 33.8 Å². The standard InChI is InChI=1S/C20H28Cl2N2O5/c1-3-4-5-9-24(10-6-11-29-2)20(28)17(13-18(25)26)23-19(27)14-7-8-15(21)16(22)12-14/h7-8,12,17H,3-6,9-11,13H2,1-2H3,(H,23,27)(H,25,26). The van der Waals surface area contributed by atoms with Crippen LogP contribution in [0, 0.1) is 0 Å². The summed E-state index contributed by atoms with van der Waals surface area (Å²) in [5.41, 5.74) is 0.194. The van der Waals surface area contributed by atoms with Crippen molar-refractivity contribution in [2.45, 2.75) is 45.1 Å². The van der Waals surface area contributed by atoms with Crippen molar-refractivity contribution in [1.82, 2.24) is 10.2 Å².